The predicted octanol–water partition coefficient (Wildman–Crippen LogP) is 3.20. The van der Waals surface area contributed by atoms with Crippen LogP contribution in [0.2, 0.25) is 0 Å². The molecule has 1 amide bonds. The van der Waals surface area contributed by atoms with Crippen molar-refractivity contribution >= 4 is 17.5 Å². The molecule has 0 radical (unpaired) electrons. The van der Waals surface area contributed by atoms with Crippen LogP contribution in [0.15, 0.2) is 49.1 Å². The number of benzene rings is 1. The van der Waals surface area contributed by atoms with Gasteiger partial charge in [-0.25, -0.2) is 24.8 Å². The highest BCUT2D eigenvalue weighted by Crippen LogP contribution is 2.45. The molecule has 3 heterocycles. The van der Waals surface area contributed by atoms with Crippen LogP contribution in [0.5, 0.6) is 0 Å². The zero-order valence-electron chi connectivity index (χ0n) is 14.3. The quantitative estimate of drug-likeness (QED) is 0.721. The Morgan fingerprint density at radius 3 is 2.32 bits per heavy atom. The molecule has 0 fully saturated rings. The Morgan fingerprint density at radius 1 is 0.960 bits per heavy atom. The number of carbonyl (C=O) groups excluding carboxylic acids is 1. The van der Waals surface area contributed by atoms with E-state index in [1.54, 1.807) is 35.8 Å². The molecule has 6 heteroatoms. The van der Waals surface area contributed by atoms with Crippen molar-refractivity contribution in [1.82, 2.24) is 19.9 Å². The third-order valence-electron chi connectivity index (χ3n) is 4.52. The highest BCUT2D eigenvalue weighted by molar-refractivity contribution is 6.11. The molecule has 1 aromatic carbocycles. The fraction of sp³-hybridized carbons (Fsp3) is 0.211. The number of nitrogens with zero attached hydrogens (tertiary/aromatic N) is 5. The first kappa shape index (κ1) is 15.4. The van der Waals surface area contributed by atoms with Gasteiger partial charge in [0.15, 0.2) is 0 Å². The summed E-state index contributed by atoms with van der Waals surface area (Å²) in [6.07, 6.45) is 6.85. The fourth-order valence-corrected chi connectivity index (χ4v) is 3.08. The highest BCUT2D eigenvalue weighted by Gasteiger charge is 2.45. The molecule has 6 nitrogen and oxygen atoms in total. The zero-order valence-corrected chi connectivity index (χ0v) is 14.3. The summed E-state index contributed by atoms with van der Waals surface area (Å²) in [6, 6.07) is 7.70. The smallest absolute Gasteiger partial charge is 0.244 e. The third kappa shape index (κ3) is 2.38. The molecule has 2 aromatic heterocycles. The fourth-order valence-electron chi connectivity index (χ4n) is 3.08. The SMILES string of the molecule is Cc1ncc(-c2ccc3c(c2)N(c2ncccn2)C(=O)C3(C)C)cn1. The summed E-state index contributed by atoms with van der Waals surface area (Å²) >= 11 is 0. The molecule has 0 N–H and O–H groups in total. The van der Waals surface area contributed by atoms with Crippen molar-refractivity contribution in [1.29, 1.82) is 0 Å². The number of amides is 1. The summed E-state index contributed by atoms with van der Waals surface area (Å²) in [5.41, 5.74) is 2.99. The summed E-state index contributed by atoms with van der Waals surface area (Å²) in [5, 5.41) is 0. The number of rotatable bonds is 2. The van der Waals surface area contributed by atoms with E-state index in [1.807, 2.05) is 39.0 Å². The van der Waals surface area contributed by atoms with Crippen LogP contribution in [0.1, 0.15) is 25.2 Å². The second kappa shape index (κ2) is 5.44. The number of aromatic nitrogens is 4. The molecule has 1 aliphatic heterocycles. The van der Waals surface area contributed by atoms with Crippen molar-refractivity contribution in [2.45, 2.75) is 26.2 Å². The van der Waals surface area contributed by atoms with Gasteiger partial charge in [-0.2, -0.15) is 0 Å². The number of fused-ring (bicyclic) bond motifs is 1. The van der Waals surface area contributed by atoms with Gasteiger partial charge in [-0.3, -0.25) is 4.79 Å². The van der Waals surface area contributed by atoms with Crippen molar-refractivity contribution in [3.63, 3.8) is 0 Å². The summed E-state index contributed by atoms with van der Waals surface area (Å²) in [7, 11) is 0. The highest BCUT2D eigenvalue weighted by atomic mass is 16.2. The van der Waals surface area contributed by atoms with Gasteiger partial charge in [-0.15, -0.1) is 0 Å². The maximum Gasteiger partial charge on any atom is 0.244 e. The number of anilines is 2. The van der Waals surface area contributed by atoms with Gasteiger partial charge in [0.1, 0.15) is 5.82 Å². The Hall–Kier alpha value is -3.15. The maximum atomic E-state index is 13.0. The average Bonchev–Trinajstić information content (AvgIpc) is 2.82. The van der Waals surface area contributed by atoms with Gasteiger partial charge in [0.05, 0.1) is 11.1 Å². The van der Waals surface area contributed by atoms with E-state index in [0.717, 1.165) is 28.2 Å². The van der Waals surface area contributed by atoms with Crippen molar-refractivity contribution < 1.29 is 4.79 Å². The van der Waals surface area contributed by atoms with Crippen molar-refractivity contribution in [3.05, 3.63) is 60.4 Å². The lowest BCUT2D eigenvalue weighted by Crippen LogP contribution is -2.34. The second-order valence-electron chi connectivity index (χ2n) is 6.57. The van der Waals surface area contributed by atoms with Crippen LogP contribution < -0.4 is 4.90 Å². The van der Waals surface area contributed by atoms with Gasteiger partial charge in [0.2, 0.25) is 11.9 Å². The van der Waals surface area contributed by atoms with Crippen LogP contribution in [-0.2, 0) is 10.2 Å². The van der Waals surface area contributed by atoms with Gasteiger partial charge in [0, 0.05) is 30.4 Å². The molecule has 0 saturated heterocycles. The number of hydrogen-bond acceptors (Lipinski definition) is 5. The lowest BCUT2D eigenvalue weighted by molar-refractivity contribution is -0.121. The molecule has 124 valence electrons. The minimum absolute atomic E-state index is 0.0361. The Bertz CT molecular complexity index is 951. The third-order valence-corrected chi connectivity index (χ3v) is 4.52. The summed E-state index contributed by atoms with van der Waals surface area (Å²) in [6.45, 7) is 5.69. The zero-order chi connectivity index (χ0) is 17.6. The van der Waals surface area contributed by atoms with E-state index in [0.29, 0.717) is 5.95 Å². The molecule has 1 aliphatic rings. The number of hydrogen-bond donors (Lipinski definition) is 0. The molecule has 25 heavy (non-hydrogen) atoms. The van der Waals surface area contributed by atoms with E-state index in [1.165, 1.54) is 0 Å². The van der Waals surface area contributed by atoms with Crippen molar-refractivity contribution in [2.75, 3.05) is 4.90 Å². The van der Waals surface area contributed by atoms with Gasteiger partial charge in [-0.05, 0) is 44.0 Å². The van der Waals surface area contributed by atoms with E-state index < -0.39 is 5.41 Å². The first-order chi connectivity index (χ1) is 12.0. The van der Waals surface area contributed by atoms with E-state index in [-0.39, 0.29) is 5.91 Å². The molecule has 0 aliphatic carbocycles. The predicted molar refractivity (Wildman–Crippen MR) is 94.4 cm³/mol. The van der Waals surface area contributed by atoms with Gasteiger partial charge in [0.25, 0.3) is 0 Å². The minimum atomic E-state index is -0.628. The standard InChI is InChI=1S/C19H17N5O/c1-12-22-10-14(11-23-12)13-5-6-15-16(9-13)24(17(25)19(15,2)3)18-20-7-4-8-21-18/h4-11H,1-3H3. The second-order valence-corrected chi connectivity index (χ2v) is 6.57. The largest absolute Gasteiger partial charge is 0.273 e. The molecular formula is C19H17N5O. The first-order valence-corrected chi connectivity index (χ1v) is 8.03. The molecule has 0 atom stereocenters. The Morgan fingerprint density at radius 2 is 1.64 bits per heavy atom. The minimum Gasteiger partial charge on any atom is -0.273 e. The molecule has 0 bridgehead atoms. The molecule has 0 spiro atoms. The molecule has 4 rings (SSSR count). The summed E-state index contributed by atoms with van der Waals surface area (Å²) in [5.74, 6) is 1.07. The van der Waals surface area contributed by atoms with Crippen LogP contribution in [0, 0.1) is 6.92 Å². The van der Waals surface area contributed by atoms with Crippen molar-refractivity contribution in [2.24, 2.45) is 0 Å². The monoisotopic (exact) mass is 331 g/mol. The van der Waals surface area contributed by atoms with Crippen LogP contribution in [-0.4, -0.2) is 25.8 Å². The van der Waals surface area contributed by atoms with Crippen molar-refractivity contribution in [3.8, 4) is 11.1 Å². The lowest BCUT2D eigenvalue weighted by Gasteiger charge is -2.18. The maximum absolute atomic E-state index is 13.0. The van der Waals surface area contributed by atoms with Crippen LogP contribution >= 0.6 is 0 Å². The first-order valence-electron chi connectivity index (χ1n) is 8.03. The van der Waals surface area contributed by atoms with Crippen LogP contribution in [0.4, 0.5) is 11.6 Å². The van der Waals surface area contributed by atoms with Crippen LogP contribution in [0.3, 0.4) is 0 Å². The molecular weight excluding hydrogens is 314 g/mol. The molecule has 0 saturated carbocycles. The topological polar surface area (TPSA) is 71.9 Å². The molecule has 3 aromatic rings. The number of carbonyl (C=O) groups is 1. The summed E-state index contributed by atoms with van der Waals surface area (Å²) < 4.78 is 0. The average molecular weight is 331 g/mol. The Kier molecular flexibility index (Phi) is 3.35. The summed E-state index contributed by atoms with van der Waals surface area (Å²) in [4.78, 5) is 31.6. The molecule has 0 unspecified atom stereocenters. The van der Waals surface area contributed by atoms with E-state index in [4.69, 9.17) is 0 Å². The van der Waals surface area contributed by atoms with E-state index >= 15 is 0 Å². The lowest BCUT2D eigenvalue weighted by atomic mass is 9.85. The van der Waals surface area contributed by atoms with Gasteiger partial charge in [-0.1, -0.05) is 12.1 Å². The van der Waals surface area contributed by atoms with Gasteiger partial charge >= 0.3 is 0 Å². The van der Waals surface area contributed by atoms with E-state index in [9.17, 15) is 4.79 Å². The van der Waals surface area contributed by atoms with Gasteiger partial charge < -0.3 is 0 Å². The Balaban J connectivity index is 1.88. The number of aryl methyl sites for hydroxylation is 1. The van der Waals surface area contributed by atoms with Crippen LogP contribution in [0.25, 0.3) is 11.1 Å². The normalized spacial score (nSPS) is 15.3. The Labute approximate surface area is 145 Å². The van der Waals surface area contributed by atoms with E-state index in [2.05, 4.69) is 19.9 Å².